The fourth-order valence-electron chi connectivity index (χ4n) is 2.50. The van der Waals surface area contributed by atoms with Crippen molar-refractivity contribution in [1.29, 1.82) is 0 Å². The summed E-state index contributed by atoms with van der Waals surface area (Å²) in [6.45, 7) is 2.11. The zero-order valence-electron chi connectivity index (χ0n) is 9.65. The van der Waals surface area contributed by atoms with Gasteiger partial charge in [0.15, 0.2) is 0 Å². The third-order valence-electron chi connectivity index (χ3n) is 3.38. The standard InChI is InChI=1S/C16H13Cl/c1-12-6-2-3-9-14(12)16(17)11-5-8-13-7-4-10-15(13)16/h2-11H,1H3. The Bertz CT molecular complexity index is 587. The number of halogens is 1. The minimum absolute atomic E-state index is 0.515. The van der Waals surface area contributed by atoms with E-state index < -0.39 is 4.87 Å². The van der Waals surface area contributed by atoms with E-state index in [1.165, 1.54) is 22.3 Å². The van der Waals surface area contributed by atoms with Crippen LogP contribution in [-0.4, -0.2) is 0 Å². The van der Waals surface area contributed by atoms with Crippen LogP contribution in [0.2, 0.25) is 0 Å². The number of aryl methyl sites for hydroxylation is 1. The van der Waals surface area contributed by atoms with Crippen LogP contribution in [0.5, 0.6) is 0 Å². The summed E-state index contributed by atoms with van der Waals surface area (Å²) in [7, 11) is 0. The van der Waals surface area contributed by atoms with Crippen LogP contribution >= 0.6 is 11.6 Å². The van der Waals surface area contributed by atoms with E-state index in [4.69, 9.17) is 11.6 Å². The Hall–Kier alpha value is -1.53. The van der Waals surface area contributed by atoms with E-state index in [1.807, 2.05) is 18.2 Å². The summed E-state index contributed by atoms with van der Waals surface area (Å²) < 4.78 is 0. The van der Waals surface area contributed by atoms with Crippen molar-refractivity contribution in [1.82, 2.24) is 0 Å². The molecule has 3 rings (SSSR count). The van der Waals surface area contributed by atoms with E-state index in [0.717, 1.165) is 0 Å². The number of benzene rings is 1. The highest BCUT2D eigenvalue weighted by molar-refractivity contribution is 6.28. The first-order valence-corrected chi connectivity index (χ1v) is 6.13. The predicted octanol–water partition coefficient (Wildman–Crippen LogP) is 4.42. The summed E-state index contributed by atoms with van der Waals surface area (Å²) in [6, 6.07) is 8.30. The second kappa shape index (κ2) is 3.75. The third-order valence-corrected chi connectivity index (χ3v) is 3.91. The summed E-state index contributed by atoms with van der Waals surface area (Å²) in [5.74, 6) is 0. The van der Waals surface area contributed by atoms with Crippen LogP contribution in [0.3, 0.4) is 0 Å². The van der Waals surface area contributed by atoms with Gasteiger partial charge in [0.1, 0.15) is 4.87 Å². The van der Waals surface area contributed by atoms with E-state index in [9.17, 15) is 0 Å². The molecule has 17 heavy (non-hydrogen) atoms. The molecule has 0 N–H and O–H groups in total. The lowest BCUT2D eigenvalue weighted by molar-refractivity contribution is 0.893. The van der Waals surface area contributed by atoms with Crippen molar-refractivity contribution in [2.45, 2.75) is 11.8 Å². The Balaban J connectivity index is 2.18. The van der Waals surface area contributed by atoms with E-state index in [-0.39, 0.29) is 0 Å². The first-order valence-electron chi connectivity index (χ1n) is 5.75. The van der Waals surface area contributed by atoms with Gasteiger partial charge >= 0.3 is 0 Å². The van der Waals surface area contributed by atoms with Crippen LogP contribution in [0.25, 0.3) is 0 Å². The van der Waals surface area contributed by atoms with Crippen molar-refractivity contribution in [2.24, 2.45) is 0 Å². The van der Waals surface area contributed by atoms with Gasteiger partial charge in [0, 0.05) is 0 Å². The average Bonchev–Trinajstić information content (AvgIpc) is 2.79. The van der Waals surface area contributed by atoms with Crippen molar-refractivity contribution in [3.05, 3.63) is 83.0 Å². The highest BCUT2D eigenvalue weighted by atomic mass is 35.5. The quantitative estimate of drug-likeness (QED) is 0.638. The van der Waals surface area contributed by atoms with E-state index in [1.54, 1.807) is 0 Å². The van der Waals surface area contributed by atoms with Crippen LogP contribution in [-0.2, 0) is 4.87 Å². The Morgan fingerprint density at radius 2 is 1.88 bits per heavy atom. The van der Waals surface area contributed by atoms with Crippen molar-refractivity contribution in [3.63, 3.8) is 0 Å². The molecule has 0 aromatic heterocycles. The van der Waals surface area contributed by atoms with Crippen LogP contribution in [0, 0.1) is 6.92 Å². The number of hydrogen-bond donors (Lipinski definition) is 0. The largest absolute Gasteiger partial charge is 0.114 e. The van der Waals surface area contributed by atoms with Gasteiger partial charge in [0.05, 0.1) is 0 Å². The maximum Gasteiger partial charge on any atom is 0.114 e. The number of hydrogen-bond acceptors (Lipinski definition) is 0. The van der Waals surface area contributed by atoms with E-state index in [2.05, 4.69) is 49.4 Å². The predicted molar refractivity (Wildman–Crippen MR) is 73.2 cm³/mol. The Kier molecular flexibility index (Phi) is 2.34. The van der Waals surface area contributed by atoms with Crippen molar-refractivity contribution in [3.8, 4) is 0 Å². The molecule has 0 bridgehead atoms. The molecule has 0 radical (unpaired) electrons. The lowest BCUT2D eigenvalue weighted by Gasteiger charge is -2.30. The molecule has 0 spiro atoms. The molecule has 0 aliphatic heterocycles. The van der Waals surface area contributed by atoms with Crippen LogP contribution < -0.4 is 0 Å². The molecule has 84 valence electrons. The zero-order valence-corrected chi connectivity index (χ0v) is 10.4. The molecule has 0 saturated heterocycles. The molecule has 0 fully saturated rings. The van der Waals surface area contributed by atoms with Crippen molar-refractivity contribution in [2.75, 3.05) is 0 Å². The summed E-state index contributed by atoms with van der Waals surface area (Å²) in [5, 5.41) is 0. The summed E-state index contributed by atoms with van der Waals surface area (Å²) in [5.41, 5.74) is 4.78. The fourth-order valence-corrected chi connectivity index (χ4v) is 2.96. The first kappa shape index (κ1) is 10.6. The molecule has 0 amide bonds. The van der Waals surface area contributed by atoms with Gasteiger partial charge < -0.3 is 0 Å². The second-order valence-electron chi connectivity index (χ2n) is 4.45. The monoisotopic (exact) mass is 240 g/mol. The summed E-state index contributed by atoms with van der Waals surface area (Å²) >= 11 is 6.87. The molecule has 0 heterocycles. The molecular weight excluding hydrogens is 228 g/mol. The van der Waals surface area contributed by atoms with Gasteiger partial charge in [-0.15, -0.1) is 11.6 Å². The molecular formula is C16H13Cl. The lowest BCUT2D eigenvalue weighted by Crippen LogP contribution is -2.22. The summed E-state index contributed by atoms with van der Waals surface area (Å²) in [6.07, 6.45) is 12.5. The van der Waals surface area contributed by atoms with Gasteiger partial charge in [-0.2, -0.15) is 0 Å². The minimum Gasteiger partial charge on any atom is -0.104 e. The summed E-state index contributed by atoms with van der Waals surface area (Å²) in [4.78, 5) is -0.515. The molecule has 1 unspecified atom stereocenters. The normalized spacial score (nSPS) is 25.5. The van der Waals surface area contributed by atoms with Gasteiger partial charge in [0.2, 0.25) is 0 Å². The number of fused-ring (bicyclic) bond motifs is 1. The second-order valence-corrected chi connectivity index (χ2v) is 5.04. The van der Waals surface area contributed by atoms with E-state index >= 15 is 0 Å². The first-order chi connectivity index (χ1) is 8.22. The molecule has 1 aromatic rings. The molecule has 1 heteroatoms. The average molecular weight is 241 g/mol. The third kappa shape index (κ3) is 1.52. The number of alkyl halides is 1. The van der Waals surface area contributed by atoms with Gasteiger partial charge in [0.25, 0.3) is 0 Å². The van der Waals surface area contributed by atoms with E-state index in [0.29, 0.717) is 0 Å². The number of rotatable bonds is 1. The zero-order chi connectivity index (χ0) is 11.9. The maximum absolute atomic E-state index is 6.87. The van der Waals surface area contributed by atoms with Crippen molar-refractivity contribution >= 4 is 11.6 Å². The fraction of sp³-hybridized carbons (Fsp3) is 0.125. The molecule has 1 atom stereocenters. The Morgan fingerprint density at radius 1 is 1.06 bits per heavy atom. The highest BCUT2D eigenvalue weighted by Gasteiger charge is 2.35. The molecule has 2 aliphatic carbocycles. The number of allylic oxidation sites excluding steroid dienone is 8. The smallest absolute Gasteiger partial charge is 0.104 e. The Morgan fingerprint density at radius 3 is 2.71 bits per heavy atom. The molecule has 2 aliphatic rings. The van der Waals surface area contributed by atoms with Crippen molar-refractivity contribution < 1.29 is 0 Å². The van der Waals surface area contributed by atoms with Gasteiger partial charge in [-0.05, 0) is 29.2 Å². The Labute approximate surface area is 107 Å². The van der Waals surface area contributed by atoms with Crippen LogP contribution in [0.1, 0.15) is 11.1 Å². The maximum atomic E-state index is 6.87. The SMILES string of the molecule is Cc1ccccc1C1(Cl)C=CC=C2C=CC=C21. The van der Waals surface area contributed by atoms with Crippen LogP contribution in [0.4, 0.5) is 0 Å². The minimum atomic E-state index is -0.515. The topological polar surface area (TPSA) is 0 Å². The van der Waals surface area contributed by atoms with Crippen LogP contribution in [0.15, 0.2) is 71.9 Å². The highest BCUT2D eigenvalue weighted by Crippen LogP contribution is 2.46. The van der Waals surface area contributed by atoms with Gasteiger partial charge in [-0.1, -0.05) is 60.7 Å². The van der Waals surface area contributed by atoms with Gasteiger partial charge in [-0.3, -0.25) is 0 Å². The molecule has 0 nitrogen and oxygen atoms in total. The molecule has 0 saturated carbocycles. The van der Waals surface area contributed by atoms with Gasteiger partial charge in [-0.25, -0.2) is 0 Å². The lowest BCUT2D eigenvalue weighted by atomic mass is 9.82. The molecule has 1 aromatic carbocycles.